The van der Waals surface area contributed by atoms with E-state index in [9.17, 15) is 0 Å². The van der Waals surface area contributed by atoms with Crippen LogP contribution in [-0.2, 0) is 11.3 Å². The summed E-state index contributed by atoms with van der Waals surface area (Å²) in [6.07, 6.45) is 5.12. The largest absolute Gasteiger partial charge is 0.405 e. The lowest BCUT2D eigenvalue weighted by Crippen LogP contribution is -2.35. The molecule has 0 radical (unpaired) electrons. The lowest BCUT2D eigenvalue weighted by atomic mass is 10.2. The maximum Gasteiger partial charge on any atom is 0.194 e. The monoisotopic (exact) mass is 421 g/mol. The molecular weight excluding hydrogens is 402 g/mol. The van der Waals surface area contributed by atoms with Crippen molar-refractivity contribution in [1.82, 2.24) is 19.3 Å². The first kappa shape index (κ1) is 18.1. The van der Waals surface area contributed by atoms with Crippen LogP contribution >= 0.6 is 27.3 Å². The molecule has 3 aromatic heterocycles. The SMILES string of the molecule is Brc1ncccc1-c1cn2c(CN3CCOCC3)csc2n1.C=CN. The highest BCUT2D eigenvalue weighted by molar-refractivity contribution is 9.10. The van der Waals surface area contributed by atoms with Crippen molar-refractivity contribution in [2.75, 3.05) is 26.3 Å². The number of fused-ring (bicyclic) bond motifs is 1. The molecule has 4 rings (SSSR count). The highest BCUT2D eigenvalue weighted by Crippen LogP contribution is 2.28. The Morgan fingerprint density at radius 1 is 1.40 bits per heavy atom. The molecule has 4 heterocycles. The number of morpholine rings is 1. The Balaban J connectivity index is 0.000000569. The average molecular weight is 422 g/mol. The molecule has 6 nitrogen and oxygen atoms in total. The molecule has 0 saturated carbocycles. The first-order valence-electron chi connectivity index (χ1n) is 7.92. The number of thiazole rings is 1. The number of halogens is 1. The molecule has 0 atom stereocenters. The van der Waals surface area contributed by atoms with Crippen LogP contribution in [0.1, 0.15) is 5.69 Å². The molecule has 8 heteroatoms. The summed E-state index contributed by atoms with van der Waals surface area (Å²) in [4.78, 5) is 12.4. The Morgan fingerprint density at radius 3 is 2.88 bits per heavy atom. The van der Waals surface area contributed by atoms with Gasteiger partial charge in [-0.15, -0.1) is 11.3 Å². The molecule has 3 aromatic rings. The highest BCUT2D eigenvalue weighted by atomic mass is 79.9. The van der Waals surface area contributed by atoms with Crippen LogP contribution in [0.4, 0.5) is 0 Å². The van der Waals surface area contributed by atoms with Gasteiger partial charge in [0.2, 0.25) is 0 Å². The van der Waals surface area contributed by atoms with Crippen LogP contribution in [-0.4, -0.2) is 45.6 Å². The number of nitrogens with zero attached hydrogens (tertiary/aromatic N) is 4. The van der Waals surface area contributed by atoms with Gasteiger partial charge in [-0.05, 0) is 34.3 Å². The molecule has 0 spiro atoms. The minimum Gasteiger partial charge on any atom is -0.405 e. The second-order valence-electron chi connectivity index (χ2n) is 5.47. The zero-order valence-corrected chi connectivity index (χ0v) is 16.2. The van der Waals surface area contributed by atoms with Crippen LogP contribution < -0.4 is 5.73 Å². The third kappa shape index (κ3) is 4.27. The van der Waals surface area contributed by atoms with Crippen molar-refractivity contribution in [3.05, 3.63) is 53.0 Å². The first-order valence-corrected chi connectivity index (χ1v) is 9.59. The summed E-state index contributed by atoms with van der Waals surface area (Å²) in [7, 11) is 0. The predicted octanol–water partition coefficient (Wildman–Crippen LogP) is 3.14. The van der Waals surface area contributed by atoms with Crippen LogP contribution in [0.3, 0.4) is 0 Å². The molecule has 0 aliphatic carbocycles. The van der Waals surface area contributed by atoms with Crippen molar-refractivity contribution >= 4 is 32.2 Å². The number of rotatable bonds is 3. The molecule has 1 aliphatic heterocycles. The standard InChI is InChI=1S/C15H15BrN4OS.C2H5N/c16-14-12(2-1-3-17-14)13-9-20-11(10-22-15(20)18-13)8-19-4-6-21-7-5-19;1-2-3/h1-3,9-10H,4-8H2;2H,1,3H2. The summed E-state index contributed by atoms with van der Waals surface area (Å²) >= 11 is 5.18. The zero-order chi connectivity index (χ0) is 17.6. The van der Waals surface area contributed by atoms with E-state index in [-0.39, 0.29) is 0 Å². The number of hydrogen-bond donors (Lipinski definition) is 1. The highest BCUT2D eigenvalue weighted by Gasteiger charge is 2.15. The predicted molar refractivity (Wildman–Crippen MR) is 104 cm³/mol. The topological polar surface area (TPSA) is 68.7 Å². The number of ether oxygens (including phenoxy) is 1. The second-order valence-corrected chi connectivity index (χ2v) is 7.06. The Labute approximate surface area is 159 Å². The van der Waals surface area contributed by atoms with Gasteiger partial charge in [-0.3, -0.25) is 9.30 Å². The quantitative estimate of drug-likeness (QED) is 0.657. The number of pyridine rings is 1. The smallest absolute Gasteiger partial charge is 0.194 e. The molecule has 0 bridgehead atoms. The molecule has 25 heavy (non-hydrogen) atoms. The van der Waals surface area contributed by atoms with Crippen LogP contribution in [0, 0.1) is 0 Å². The molecule has 132 valence electrons. The lowest BCUT2D eigenvalue weighted by molar-refractivity contribution is 0.0336. The van der Waals surface area contributed by atoms with Crippen molar-refractivity contribution in [1.29, 1.82) is 0 Å². The summed E-state index contributed by atoms with van der Waals surface area (Å²) in [6.45, 7) is 7.71. The molecule has 1 aliphatic rings. The van der Waals surface area contributed by atoms with Gasteiger partial charge in [0.15, 0.2) is 4.96 Å². The number of nitrogens with two attached hydrogens (primary N) is 1. The van der Waals surface area contributed by atoms with E-state index in [1.165, 1.54) is 11.9 Å². The molecule has 0 unspecified atom stereocenters. The maximum absolute atomic E-state index is 5.41. The van der Waals surface area contributed by atoms with E-state index in [1.54, 1.807) is 17.5 Å². The van der Waals surface area contributed by atoms with E-state index in [0.29, 0.717) is 0 Å². The second kappa shape index (κ2) is 8.57. The average Bonchev–Trinajstić information content (AvgIpc) is 3.19. The Morgan fingerprint density at radius 2 is 2.16 bits per heavy atom. The summed E-state index contributed by atoms with van der Waals surface area (Å²) < 4.78 is 8.43. The van der Waals surface area contributed by atoms with E-state index >= 15 is 0 Å². The maximum atomic E-state index is 5.41. The van der Waals surface area contributed by atoms with Crippen molar-refractivity contribution in [2.24, 2.45) is 5.73 Å². The molecule has 0 amide bonds. The normalized spacial score (nSPS) is 14.9. The summed E-state index contributed by atoms with van der Waals surface area (Å²) in [5.41, 5.74) is 7.87. The molecule has 1 fully saturated rings. The lowest BCUT2D eigenvalue weighted by Gasteiger charge is -2.26. The first-order chi connectivity index (χ1) is 12.2. The van der Waals surface area contributed by atoms with Crippen molar-refractivity contribution in [2.45, 2.75) is 6.54 Å². The summed E-state index contributed by atoms with van der Waals surface area (Å²) in [5, 5.41) is 2.19. The third-order valence-corrected chi connectivity index (χ3v) is 5.33. The fourth-order valence-electron chi connectivity index (χ4n) is 2.64. The van der Waals surface area contributed by atoms with Gasteiger partial charge < -0.3 is 10.5 Å². The van der Waals surface area contributed by atoms with Gasteiger partial charge in [0.05, 0.1) is 18.9 Å². The summed E-state index contributed by atoms with van der Waals surface area (Å²) in [5.74, 6) is 0. The van der Waals surface area contributed by atoms with E-state index < -0.39 is 0 Å². The molecule has 2 N–H and O–H groups in total. The molecule has 1 saturated heterocycles. The summed E-state index contributed by atoms with van der Waals surface area (Å²) in [6, 6.07) is 3.97. The fraction of sp³-hybridized carbons (Fsp3) is 0.294. The Bertz CT molecular complexity index is 841. The van der Waals surface area contributed by atoms with Gasteiger partial charge in [-0.2, -0.15) is 0 Å². The third-order valence-electron chi connectivity index (χ3n) is 3.81. The molecule has 0 aromatic carbocycles. The zero-order valence-electron chi connectivity index (χ0n) is 13.8. The Kier molecular flexibility index (Phi) is 6.19. The fourth-order valence-corrected chi connectivity index (χ4v) is 3.96. The van der Waals surface area contributed by atoms with E-state index in [1.807, 2.05) is 12.1 Å². The van der Waals surface area contributed by atoms with Crippen LogP contribution in [0.25, 0.3) is 16.2 Å². The van der Waals surface area contributed by atoms with Crippen LogP contribution in [0.2, 0.25) is 0 Å². The minimum absolute atomic E-state index is 0.824. The van der Waals surface area contributed by atoms with Crippen LogP contribution in [0.15, 0.2) is 47.3 Å². The van der Waals surface area contributed by atoms with Crippen molar-refractivity contribution in [3.63, 3.8) is 0 Å². The number of aromatic nitrogens is 3. The van der Waals surface area contributed by atoms with Gasteiger partial charge in [0.1, 0.15) is 4.60 Å². The van der Waals surface area contributed by atoms with Gasteiger partial charge in [0.25, 0.3) is 0 Å². The van der Waals surface area contributed by atoms with Crippen LogP contribution in [0.5, 0.6) is 0 Å². The minimum atomic E-state index is 0.824. The van der Waals surface area contributed by atoms with E-state index in [0.717, 1.165) is 53.7 Å². The molecular formula is C17H20BrN5OS. The number of imidazole rings is 1. The van der Waals surface area contributed by atoms with Gasteiger partial charge >= 0.3 is 0 Å². The Hall–Kier alpha value is -1.74. The van der Waals surface area contributed by atoms with Crippen molar-refractivity contribution in [3.8, 4) is 11.3 Å². The van der Waals surface area contributed by atoms with Crippen molar-refractivity contribution < 1.29 is 4.74 Å². The van der Waals surface area contributed by atoms with E-state index in [2.05, 4.69) is 54.1 Å². The van der Waals surface area contributed by atoms with Gasteiger partial charge in [-0.25, -0.2) is 9.97 Å². The van der Waals surface area contributed by atoms with E-state index in [4.69, 9.17) is 9.72 Å². The van der Waals surface area contributed by atoms with Gasteiger partial charge in [0, 0.05) is 48.7 Å². The van der Waals surface area contributed by atoms with Gasteiger partial charge in [-0.1, -0.05) is 6.58 Å². The number of hydrogen-bond acceptors (Lipinski definition) is 6.